The van der Waals surface area contributed by atoms with Crippen molar-refractivity contribution in [3.05, 3.63) is 59.5 Å². The zero-order chi connectivity index (χ0) is 22.5. The molecular formula is C23H22N4O3S2. The highest BCUT2D eigenvalue weighted by Crippen LogP contribution is 2.32. The molecule has 0 aliphatic heterocycles. The van der Waals surface area contributed by atoms with E-state index >= 15 is 0 Å². The molecule has 4 aromatic rings. The van der Waals surface area contributed by atoms with Crippen LogP contribution in [0.5, 0.6) is 5.75 Å². The maximum absolute atomic E-state index is 12.6. The van der Waals surface area contributed by atoms with Crippen LogP contribution in [0.2, 0.25) is 0 Å². The molecule has 4 rings (SSSR count). The van der Waals surface area contributed by atoms with Gasteiger partial charge < -0.3 is 14.5 Å². The van der Waals surface area contributed by atoms with E-state index in [1.165, 1.54) is 28.7 Å². The number of para-hydroxylation sites is 1. The van der Waals surface area contributed by atoms with Crippen LogP contribution >= 0.6 is 23.1 Å². The summed E-state index contributed by atoms with van der Waals surface area (Å²) in [4.78, 5) is 17.2. The highest BCUT2D eigenvalue weighted by Gasteiger charge is 2.21. The van der Waals surface area contributed by atoms with Crippen molar-refractivity contribution in [2.75, 3.05) is 12.4 Å². The van der Waals surface area contributed by atoms with Crippen molar-refractivity contribution in [2.24, 2.45) is 0 Å². The molecule has 0 aliphatic rings. The smallest absolute Gasteiger partial charge is 0.277 e. The van der Waals surface area contributed by atoms with Gasteiger partial charge in [0.25, 0.3) is 11.1 Å². The lowest BCUT2D eigenvalue weighted by Gasteiger charge is -2.07. The number of nitrogens with one attached hydrogen (secondary N) is 1. The molecule has 32 heavy (non-hydrogen) atoms. The Kier molecular flexibility index (Phi) is 6.87. The van der Waals surface area contributed by atoms with Gasteiger partial charge in [0.1, 0.15) is 5.75 Å². The molecule has 0 radical (unpaired) electrons. The van der Waals surface area contributed by atoms with Gasteiger partial charge in [0, 0.05) is 10.9 Å². The molecule has 0 aliphatic carbocycles. The first-order valence-electron chi connectivity index (χ1n) is 10.1. The molecule has 7 nitrogen and oxygen atoms in total. The van der Waals surface area contributed by atoms with Gasteiger partial charge in [0.15, 0.2) is 5.13 Å². The second-order valence-corrected chi connectivity index (χ2v) is 9.06. The van der Waals surface area contributed by atoms with E-state index in [1.807, 2.05) is 41.8 Å². The summed E-state index contributed by atoms with van der Waals surface area (Å²) in [6.07, 6.45) is 0.995. The number of aromatic nitrogens is 3. The number of thioether (sulfide) groups is 1. The predicted molar refractivity (Wildman–Crippen MR) is 127 cm³/mol. The van der Waals surface area contributed by atoms with Gasteiger partial charge in [-0.2, -0.15) is 0 Å². The maximum atomic E-state index is 12.6. The van der Waals surface area contributed by atoms with Gasteiger partial charge in [-0.15, -0.1) is 21.5 Å². The lowest BCUT2D eigenvalue weighted by Crippen LogP contribution is -2.22. The van der Waals surface area contributed by atoms with Crippen LogP contribution in [0.15, 0.2) is 63.6 Å². The Balaban J connectivity index is 1.38. The summed E-state index contributed by atoms with van der Waals surface area (Å²) in [6.45, 7) is 3.91. The van der Waals surface area contributed by atoms with Crippen LogP contribution in [0.3, 0.4) is 0 Å². The van der Waals surface area contributed by atoms with Crippen molar-refractivity contribution >= 4 is 34.1 Å². The number of aryl methyl sites for hydroxylation is 1. The van der Waals surface area contributed by atoms with E-state index in [9.17, 15) is 4.79 Å². The molecule has 0 fully saturated rings. The average Bonchev–Trinajstić information content (AvgIpc) is 3.49. The molecule has 0 saturated heterocycles. The van der Waals surface area contributed by atoms with Gasteiger partial charge in [-0.1, -0.05) is 55.1 Å². The van der Waals surface area contributed by atoms with E-state index in [-0.39, 0.29) is 5.91 Å². The summed E-state index contributed by atoms with van der Waals surface area (Å²) in [5.74, 6) is 0.799. The summed E-state index contributed by atoms with van der Waals surface area (Å²) >= 11 is 2.59. The Morgan fingerprint density at radius 1 is 1.19 bits per heavy atom. The second-order valence-electron chi connectivity index (χ2n) is 6.91. The lowest BCUT2D eigenvalue weighted by molar-refractivity contribution is -0.115. The number of rotatable bonds is 8. The average molecular weight is 467 g/mol. The minimum atomic E-state index is -0.447. The molecule has 0 spiro atoms. The minimum Gasteiger partial charge on any atom is -0.496 e. The van der Waals surface area contributed by atoms with Crippen LogP contribution in [0.1, 0.15) is 19.4 Å². The number of carbonyl (C=O) groups is 1. The largest absolute Gasteiger partial charge is 0.496 e. The number of nitrogens with zero attached hydrogens (tertiary/aromatic N) is 3. The SMILES string of the molecule is CCc1ccc(-c2csc(NC(=O)C(C)Sc3nnc(-c4ccccc4OC)o3)n2)cc1. The van der Waals surface area contributed by atoms with Gasteiger partial charge in [0.2, 0.25) is 5.91 Å². The normalized spacial score (nSPS) is 11.8. The molecule has 1 atom stereocenters. The summed E-state index contributed by atoms with van der Waals surface area (Å²) in [5.41, 5.74) is 3.84. The fraction of sp³-hybridized carbons (Fsp3) is 0.217. The van der Waals surface area contributed by atoms with E-state index in [0.717, 1.165) is 17.7 Å². The monoisotopic (exact) mass is 466 g/mol. The topological polar surface area (TPSA) is 90.1 Å². The zero-order valence-corrected chi connectivity index (χ0v) is 19.5. The molecule has 1 unspecified atom stereocenters. The van der Waals surface area contributed by atoms with E-state index < -0.39 is 5.25 Å². The third-order valence-corrected chi connectivity index (χ3v) is 6.47. The van der Waals surface area contributed by atoms with Crippen LogP contribution in [-0.2, 0) is 11.2 Å². The van der Waals surface area contributed by atoms with Crippen molar-refractivity contribution < 1.29 is 13.9 Å². The summed E-state index contributed by atoms with van der Waals surface area (Å²) in [7, 11) is 1.58. The van der Waals surface area contributed by atoms with Crippen molar-refractivity contribution in [2.45, 2.75) is 30.7 Å². The molecule has 9 heteroatoms. The van der Waals surface area contributed by atoms with Crippen LogP contribution in [0.25, 0.3) is 22.7 Å². The third-order valence-electron chi connectivity index (χ3n) is 4.78. The fourth-order valence-electron chi connectivity index (χ4n) is 2.97. The Hall–Kier alpha value is -3.17. The standard InChI is InChI=1S/C23H22N4O3S2/c1-4-15-9-11-16(12-10-15)18-13-31-22(24-18)25-20(28)14(2)32-23-27-26-21(30-23)17-7-5-6-8-19(17)29-3/h5-14H,4H2,1-3H3,(H,24,25,28). The highest BCUT2D eigenvalue weighted by atomic mass is 32.2. The van der Waals surface area contributed by atoms with Gasteiger partial charge in [-0.05, 0) is 31.0 Å². The molecule has 2 aromatic heterocycles. The fourth-order valence-corrected chi connectivity index (χ4v) is 4.38. The Labute approximate surface area is 194 Å². The molecule has 2 aromatic carbocycles. The number of methoxy groups -OCH3 is 1. The van der Waals surface area contributed by atoms with E-state index in [1.54, 1.807) is 14.0 Å². The molecular weight excluding hydrogens is 444 g/mol. The Bertz CT molecular complexity index is 1200. The first-order chi connectivity index (χ1) is 15.6. The number of anilines is 1. The first-order valence-corrected chi connectivity index (χ1v) is 11.8. The van der Waals surface area contributed by atoms with Crippen molar-refractivity contribution in [3.8, 4) is 28.5 Å². The number of carbonyl (C=O) groups excluding carboxylic acids is 1. The van der Waals surface area contributed by atoms with Gasteiger partial charge in [-0.3, -0.25) is 4.79 Å². The molecule has 1 N–H and O–H groups in total. The number of benzene rings is 2. The van der Waals surface area contributed by atoms with Crippen LogP contribution in [0.4, 0.5) is 5.13 Å². The lowest BCUT2D eigenvalue weighted by atomic mass is 10.1. The number of thiazole rings is 1. The number of hydrogen-bond donors (Lipinski definition) is 1. The van der Waals surface area contributed by atoms with E-state index in [2.05, 4.69) is 39.6 Å². The molecule has 164 valence electrons. The summed E-state index contributed by atoms with van der Waals surface area (Å²) in [5, 5.41) is 13.4. The first kappa shape index (κ1) is 22.0. The summed E-state index contributed by atoms with van der Waals surface area (Å²) < 4.78 is 11.1. The highest BCUT2D eigenvalue weighted by molar-refractivity contribution is 8.00. The zero-order valence-electron chi connectivity index (χ0n) is 17.9. The van der Waals surface area contributed by atoms with E-state index in [4.69, 9.17) is 9.15 Å². The summed E-state index contributed by atoms with van der Waals surface area (Å²) in [6, 6.07) is 15.7. The van der Waals surface area contributed by atoms with E-state index in [0.29, 0.717) is 27.6 Å². The van der Waals surface area contributed by atoms with Gasteiger partial charge >= 0.3 is 0 Å². The number of hydrogen-bond acceptors (Lipinski definition) is 8. The molecule has 1 amide bonds. The minimum absolute atomic E-state index is 0.186. The van der Waals surface area contributed by atoms with Crippen molar-refractivity contribution in [1.29, 1.82) is 0 Å². The quantitative estimate of drug-likeness (QED) is 0.340. The Morgan fingerprint density at radius 2 is 1.97 bits per heavy atom. The van der Waals surface area contributed by atoms with Crippen LogP contribution < -0.4 is 10.1 Å². The van der Waals surface area contributed by atoms with Gasteiger partial charge in [-0.25, -0.2) is 4.98 Å². The van der Waals surface area contributed by atoms with Gasteiger partial charge in [0.05, 0.1) is 23.6 Å². The maximum Gasteiger partial charge on any atom is 0.277 e. The molecule has 0 saturated carbocycles. The molecule has 0 bridgehead atoms. The van der Waals surface area contributed by atoms with Crippen molar-refractivity contribution in [1.82, 2.24) is 15.2 Å². The number of amides is 1. The van der Waals surface area contributed by atoms with Crippen LogP contribution in [-0.4, -0.2) is 33.4 Å². The second kappa shape index (κ2) is 9.97. The molecule has 2 heterocycles. The van der Waals surface area contributed by atoms with Crippen molar-refractivity contribution in [3.63, 3.8) is 0 Å². The predicted octanol–water partition coefficient (Wildman–Crippen LogP) is 5.55. The third kappa shape index (κ3) is 5.00. The van der Waals surface area contributed by atoms with Crippen LogP contribution in [0, 0.1) is 0 Å². The number of ether oxygens (including phenoxy) is 1. The Morgan fingerprint density at radius 3 is 2.72 bits per heavy atom.